The molecule has 1 aliphatic rings. The normalized spacial score (nSPS) is 16.8. The van der Waals surface area contributed by atoms with Crippen molar-refractivity contribution >= 4 is 17.3 Å². The van der Waals surface area contributed by atoms with Gasteiger partial charge in [-0.1, -0.05) is 19.1 Å². The Kier molecular flexibility index (Phi) is 5.02. The lowest BCUT2D eigenvalue weighted by atomic mass is 10.1. The van der Waals surface area contributed by atoms with E-state index in [0.29, 0.717) is 6.04 Å². The van der Waals surface area contributed by atoms with Crippen LogP contribution in [0, 0.1) is 0 Å². The average molecular weight is 287 g/mol. The van der Waals surface area contributed by atoms with Gasteiger partial charge in [0.2, 0.25) is 5.91 Å². The largest absolute Gasteiger partial charge is 0.365 e. The Morgan fingerprint density at radius 2 is 2.24 bits per heavy atom. The topological polar surface area (TPSA) is 44.4 Å². The molecule has 0 aliphatic carbocycles. The van der Waals surface area contributed by atoms with Gasteiger partial charge < -0.3 is 15.5 Å². The van der Waals surface area contributed by atoms with Crippen LogP contribution in [0.5, 0.6) is 0 Å². The van der Waals surface area contributed by atoms with Gasteiger partial charge in [-0.05, 0) is 38.9 Å². The molecule has 4 heteroatoms. The molecule has 0 aromatic heterocycles. The first-order valence-electron chi connectivity index (χ1n) is 7.64. The monoisotopic (exact) mass is 287 g/mol. The van der Waals surface area contributed by atoms with E-state index in [-0.39, 0.29) is 11.9 Å². The highest BCUT2D eigenvalue weighted by Crippen LogP contribution is 2.34. The van der Waals surface area contributed by atoms with Crippen molar-refractivity contribution in [1.82, 2.24) is 5.32 Å². The average Bonchev–Trinajstić information content (AvgIpc) is 2.76. The molecule has 1 heterocycles. The Morgan fingerprint density at radius 3 is 2.86 bits per heavy atom. The van der Waals surface area contributed by atoms with Gasteiger partial charge in [0.1, 0.15) is 6.04 Å². The van der Waals surface area contributed by atoms with Gasteiger partial charge in [0, 0.05) is 29.5 Å². The standard InChI is InChI=1S/C17H25N3O/c1-5-9-18-16-14-8-7-13(11-15(14)19-17(16)21)20(10-6-2)12(3)4/h6-8,11-12,16,18H,2,5,9-10H2,1,3-4H3,(H,19,21). The lowest BCUT2D eigenvalue weighted by Crippen LogP contribution is -2.30. The fourth-order valence-corrected chi connectivity index (χ4v) is 2.67. The molecule has 1 unspecified atom stereocenters. The number of amides is 1. The maximum atomic E-state index is 12.1. The van der Waals surface area contributed by atoms with Gasteiger partial charge in [-0.3, -0.25) is 4.79 Å². The van der Waals surface area contributed by atoms with Crippen LogP contribution in [0.2, 0.25) is 0 Å². The van der Waals surface area contributed by atoms with Gasteiger partial charge in [-0.15, -0.1) is 6.58 Å². The van der Waals surface area contributed by atoms with E-state index in [1.807, 2.05) is 12.1 Å². The Bertz CT molecular complexity index is 525. The number of hydrogen-bond donors (Lipinski definition) is 2. The highest BCUT2D eigenvalue weighted by atomic mass is 16.2. The first-order valence-corrected chi connectivity index (χ1v) is 7.64. The van der Waals surface area contributed by atoms with Crippen LogP contribution < -0.4 is 15.5 Å². The molecule has 4 nitrogen and oxygen atoms in total. The lowest BCUT2D eigenvalue weighted by molar-refractivity contribution is -0.117. The molecule has 0 fully saturated rings. The maximum absolute atomic E-state index is 12.1. The van der Waals surface area contributed by atoms with Gasteiger partial charge in [0.15, 0.2) is 0 Å². The lowest BCUT2D eigenvalue weighted by Gasteiger charge is -2.28. The molecule has 114 valence electrons. The number of carbonyl (C=O) groups is 1. The molecule has 0 spiro atoms. The summed E-state index contributed by atoms with van der Waals surface area (Å²) < 4.78 is 0. The predicted molar refractivity (Wildman–Crippen MR) is 88.8 cm³/mol. The number of hydrogen-bond acceptors (Lipinski definition) is 3. The summed E-state index contributed by atoms with van der Waals surface area (Å²) in [6, 6.07) is 6.36. The number of rotatable bonds is 7. The molecular formula is C17H25N3O. The molecule has 2 N–H and O–H groups in total. The fourth-order valence-electron chi connectivity index (χ4n) is 2.67. The molecule has 1 aliphatic heterocycles. The van der Waals surface area contributed by atoms with Crippen molar-refractivity contribution in [3.63, 3.8) is 0 Å². The zero-order valence-electron chi connectivity index (χ0n) is 13.1. The number of carbonyl (C=O) groups excluding carboxylic acids is 1. The summed E-state index contributed by atoms with van der Waals surface area (Å²) in [4.78, 5) is 14.3. The van der Waals surface area contributed by atoms with E-state index in [4.69, 9.17) is 0 Å². The van der Waals surface area contributed by atoms with Crippen molar-refractivity contribution in [1.29, 1.82) is 0 Å². The highest BCUT2D eigenvalue weighted by molar-refractivity contribution is 6.03. The van der Waals surface area contributed by atoms with Crippen LogP contribution in [0.25, 0.3) is 0 Å². The minimum atomic E-state index is -0.221. The quantitative estimate of drug-likeness (QED) is 0.758. The van der Waals surface area contributed by atoms with Gasteiger partial charge in [0.25, 0.3) is 0 Å². The first kappa shape index (κ1) is 15.6. The fraction of sp³-hybridized carbons (Fsp3) is 0.471. The van der Waals surface area contributed by atoms with Gasteiger partial charge in [0.05, 0.1) is 0 Å². The van der Waals surface area contributed by atoms with E-state index in [2.05, 4.69) is 55.0 Å². The van der Waals surface area contributed by atoms with Crippen molar-refractivity contribution in [2.24, 2.45) is 0 Å². The van der Waals surface area contributed by atoms with E-state index in [9.17, 15) is 4.79 Å². The molecule has 0 saturated carbocycles. The Morgan fingerprint density at radius 1 is 1.48 bits per heavy atom. The third-order valence-corrected chi connectivity index (χ3v) is 3.75. The van der Waals surface area contributed by atoms with Crippen molar-refractivity contribution in [2.45, 2.75) is 39.3 Å². The molecule has 2 rings (SSSR count). The highest BCUT2D eigenvalue weighted by Gasteiger charge is 2.30. The number of fused-ring (bicyclic) bond motifs is 1. The molecule has 0 saturated heterocycles. The van der Waals surface area contributed by atoms with E-state index in [1.165, 1.54) is 0 Å². The van der Waals surface area contributed by atoms with Crippen LogP contribution in [-0.4, -0.2) is 25.0 Å². The molecule has 0 bridgehead atoms. The van der Waals surface area contributed by atoms with Crippen LogP contribution >= 0.6 is 0 Å². The van der Waals surface area contributed by atoms with Crippen LogP contribution in [-0.2, 0) is 4.79 Å². The summed E-state index contributed by atoms with van der Waals surface area (Å²) in [6.45, 7) is 11.9. The summed E-state index contributed by atoms with van der Waals surface area (Å²) in [5.41, 5.74) is 3.07. The molecule has 0 radical (unpaired) electrons. The SMILES string of the molecule is C=CCN(c1ccc2c(c1)NC(=O)C2NCCC)C(C)C. The minimum Gasteiger partial charge on any atom is -0.365 e. The van der Waals surface area contributed by atoms with Crippen molar-refractivity contribution in [3.05, 3.63) is 36.4 Å². The number of nitrogens with zero attached hydrogens (tertiary/aromatic N) is 1. The minimum absolute atomic E-state index is 0.0374. The second kappa shape index (κ2) is 6.76. The molecule has 1 aromatic carbocycles. The van der Waals surface area contributed by atoms with Crippen LogP contribution in [0.1, 0.15) is 38.8 Å². The second-order valence-electron chi connectivity index (χ2n) is 5.68. The van der Waals surface area contributed by atoms with Gasteiger partial charge >= 0.3 is 0 Å². The Labute approximate surface area is 127 Å². The van der Waals surface area contributed by atoms with Crippen LogP contribution in [0.3, 0.4) is 0 Å². The molecular weight excluding hydrogens is 262 g/mol. The summed E-state index contributed by atoms with van der Waals surface area (Å²) in [6.07, 6.45) is 2.91. The van der Waals surface area contributed by atoms with E-state index < -0.39 is 0 Å². The van der Waals surface area contributed by atoms with Crippen molar-refractivity contribution in [3.8, 4) is 0 Å². The molecule has 21 heavy (non-hydrogen) atoms. The third kappa shape index (κ3) is 3.27. The third-order valence-electron chi connectivity index (χ3n) is 3.75. The van der Waals surface area contributed by atoms with E-state index >= 15 is 0 Å². The summed E-state index contributed by atoms with van der Waals surface area (Å²) in [7, 11) is 0. The zero-order valence-corrected chi connectivity index (χ0v) is 13.1. The Balaban J connectivity index is 2.26. The van der Waals surface area contributed by atoms with E-state index in [0.717, 1.165) is 36.4 Å². The van der Waals surface area contributed by atoms with Crippen molar-refractivity contribution < 1.29 is 4.79 Å². The van der Waals surface area contributed by atoms with Crippen molar-refractivity contribution in [2.75, 3.05) is 23.3 Å². The second-order valence-corrected chi connectivity index (χ2v) is 5.68. The summed E-state index contributed by atoms with van der Waals surface area (Å²) >= 11 is 0. The van der Waals surface area contributed by atoms with Gasteiger partial charge in [-0.25, -0.2) is 0 Å². The first-order chi connectivity index (χ1) is 10.1. The smallest absolute Gasteiger partial charge is 0.246 e. The van der Waals surface area contributed by atoms with Crippen LogP contribution in [0.4, 0.5) is 11.4 Å². The number of anilines is 2. The molecule has 1 aromatic rings. The molecule has 1 atom stereocenters. The van der Waals surface area contributed by atoms with Gasteiger partial charge in [-0.2, -0.15) is 0 Å². The summed E-state index contributed by atoms with van der Waals surface area (Å²) in [5.74, 6) is 0.0374. The summed E-state index contributed by atoms with van der Waals surface area (Å²) in [5, 5.41) is 6.27. The van der Waals surface area contributed by atoms with E-state index in [1.54, 1.807) is 0 Å². The number of benzene rings is 1. The van der Waals surface area contributed by atoms with Crippen LogP contribution in [0.15, 0.2) is 30.9 Å². The molecule has 1 amide bonds. The zero-order chi connectivity index (χ0) is 15.4. The number of nitrogens with one attached hydrogen (secondary N) is 2. The Hall–Kier alpha value is -1.81. The maximum Gasteiger partial charge on any atom is 0.246 e. The predicted octanol–water partition coefficient (Wildman–Crippen LogP) is 3.08.